The predicted octanol–water partition coefficient (Wildman–Crippen LogP) is 4.36. The largest absolute Gasteiger partial charge is 0.350 e. The lowest BCUT2D eigenvalue weighted by Crippen LogP contribution is -2.34. The van der Waals surface area contributed by atoms with Crippen molar-refractivity contribution in [2.24, 2.45) is 7.05 Å². The first-order valence-electron chi connectivity index (χ1n) is 9.52. The van der Waals surface area contributed by atoms with Crippen molar-refractivity contribution in [1.82, 2.24) is 14.8 Å². The van der Waals surface area contributed by atoms with E-state index in [9.17, 15) is 4.79 Å². The number of carbonyl (C=O) groups excluding carboxylic acids is 1. The summed E-state index contributed by atoms with van der Waals surface area (Å²) in [6, 6.07) is 22.4. The molecule has 4 heteroatoms. The molecule has 142 valence electrons. The average molecular weight is 371 g/mol. The van der Waals surface area contributed by atoms with Crippen LogP contribution < -0.4 is 5.32 Å². The number of carbonyl (C=O) groups is 1. The fourth-order valence-electron chi connectivity index (χ4n) is 3.83. The van der Waals surface area contributed by atoms with Crippen LogP contribution in [-0.2, 0) is 7.05 Å². The van der Waals surface area contributed by atoms with E-state index in [0.717, 1.165) is 10.8 Å². The van der Waals surface area contributed by atoms with E-state index >= 15 is 0 Å². The summed E-state index contributed by atoms with van der Waals surface area (Å²) in [4.78, 5) is 14.9. The summed E-state index contributed by atoms with van der Waals surface area (Å²) in [6.07, 6.45) is 2.16. The fourth-order valence-corrected chi connectivity index (χ4v) is 3.83. The van der Waals surface area contributed by atoms with Crippen molar-refractivity contribution >= 4 is 27.6 Å². The minimum atomic E-state index is -0.0437. The van der Waals surface area contributed by atoms with Crippen LogP contribution in [-0.4, -0.2) is 36.0 Å². The summed E-state index contributed by atoms with van der Waals surface area (Å²) in [5, 5.41) is 6.57. The zero-order valence-electron chi connectivity index (χ0n) is 16.5. The van der Waals surface area contributed by atoms with Gasteiger partial charge in [-0.2, -0.15) is 0 Å². The van der Waals surface area contributed by atoms with Crippen LogP contribution in [0, 0.1) is 0 Å². The van der Waals surface area contributed by atoms with E-state index in [2.05, 4.69) is 72.5 Å². The minimum absolute atomic E-state index is 0.0437. The lowest BCUT2D eigenvalue weighted by atomic mass is 10.0. The Hall–Kier alpha value is -3.11. The highest BCUT2D eigenvalue weighted by Crippen LogP contribution is 2.28. The van der Waals surface area contributed by atoms with Gasteiger partial charge in [-0.3, -0.25) is 4.79 Å². The van der Waals surface area contributed by atoms with Crippen molar-refractivity contribution in [2.45, 2.75) is 6.04 Å². The lowest BCUT2D eigenvalue weighted by Gasteiger charge is -2.24. The minimum Gasteiger partial charge on any atom is -0.350 e. The predicted molar refractivity (Wildman–Crippen MR) is 116 cm³/mol. The van der Waals surface area contributed by atoms with Crippen LogP contribution in [0.5, 0.6) is 0 Å². The normalized spacial score (nSPS) is 12.6. The Bertz CT molecular complexity index is 1140. The molecule has 4 nitrogen and oxygen atoms in total. The second-order valence-electron chi connectivity index (χ2n) is 7.46. The zero-order chi connectivity index (χ0) is 19.7. The maximum Gasteiger partial charge on any atom is 0.251 e. The number of nitrogens with one attached hydrogen (secondary N) is 1. The Morgan fingerprint density at radius 3 is 2.50 bits per heavy atom. The van der Waals surface area contributed by atoms with Crippen LogP contribution in [0.2, 0.25) is 0 Å². The molecule has 4 aromatic rings. The number of hydrogen-bond acceptors (Lipinski definition) is 2. The average Bonchev–Trinajstić information content (AvgIpc) is 3.04. The maximum atomic E-state index is 12.8. The van der Waals surface area contributed by atoms with E-state index in [0.29, 0.717) is 12.1 Å². The number of amides is 1. The van der Waals surface area contributed by atoms with Gasteiger partial charge in [-0.25, -0.2) is 0 Å². The summed E-state index contributed by atoms with van der Waals surface area (Å²) in [7, 11) is 6.16. The number of rotatable bonds is 5. The smallest absolute Gasteiger partial charge is 0.251 e. The molecular formula is C24H25N3O. The molecule has 0 radical (unpaired) electrons. The number of fused-ring (bicyclic) bond motifs is 2. The molecule has 0 saturated heterocycles. The van der Waals surface area contributed by atoms with E-state index in [4.69, 9.17) is 0 Å². The molecule has 1 atom stereocenters. The van der Waals surface area contributed by atoms with Gasteiger partial charge in [0.25, 0.3) is 5.91 Å². The van der Waals surface area contributed by atoms with Gasteiger partial charge in [-0.15, -0.1) is 0 Å². The Kier molecular flexibility index (Phi) is 4.88. The van der Waals surface area contributed by atoms with Crippen LogP contribution in [0.15, 0.2) is 72.9 Å². The second-order valence-corrected chi connectivity index (χ2v) is 7.46. The first kappa shape index (κ1) is 18.3. The van der Waals surface area contributed by atoms with Gasteiger partial charge < -0.3 is 14.8 Å². The highest BCUT2D eigenvalue weighted by atomic mass is 16.1. The van der Waals surface area contributed by atoms with Gasteiger partial charge >= 0.3 is 0 Å². The van der Waals surface area contributed by atoms with Gasteiger partial charge in [0, 0.05) is 36.3 Å². The molecule has 0 aliphatic carbocycles. The topological polar surface area (TPSA) is 37.3 Å². The Morgan fingerprint density at radius 2 is 1.71 bits per heavy atom. The SMILES string of the molecule is CN(C)C(CNC(=O)c1ccc2ccccc2c1)c1cn(C)c2ccccc12. The first-order chi connectivity index (χ1) is 13.5. The fraction of sp³-hybridized carbons (Fsp3) is 0.208. The van der Waals surface area contributed by atoms with Gasteiger partial charge in [-0.1, -0.05) is 48.5 Å². The van der Waals surface area contributed by atoms with E-state index < -0.39 is 0 Å². The highest BCUT2D eigenvalue weighted by Gasteiger charge is 2.20. The van der Waals surface area contributed by atoms with Gasteiger partial charge in [-0.05, 0) is 48.6 Å². The third-order valence-corrected chi connectivity index (χ3v) is 5.38. The zero-order valence-corrected chi connectivity index (χ0v) is 16.5. The number of likely N-dealkylation sites (N-methyl/N-ethyl adjacent to an activating group) is 1. The monoisotopic (exact) mass is 371 g/mol. The molecule has 1 aromatic heterocycles. The number of nitrogens with zero attached hydrogens (tertiary/aromatic N) is 2. The van der Waals surface area contributed by atoms with Crippen molar-refractivity contribution < 1.29 is 4.79 Å². The summed E-state index contributed by atoms with van der Waals surface area (Å²) in [5.41, 5.74) is 3.11. The van der Waals surface area contributed by atoms with Crippen molar-refractivity contribution in [3.63, 3.8) is 0 Å². The van der Waals surface area contributed by atoms with Crippen LogP contribution in [0.3, 0.4) is 0 Å². The van der Waals surface area contributed by atoms with Gasteiger partial charge in [0.1, 0.15) is 0 Å². The molecule has 3 aromatic carbocycles. The molecule has 1 unspecified atom stereocenters. The number of benzene rings is 3. The molecule has 0 aliphatic rings. The van der Waals surface area contributed by atoms with Gasteiger partial charge in [0.05, 0.1) is 6.04 Å². The molecule has 0 saturated carbocycles. The number of para-hydroxylation sites is 1. The van der Waals surface area contributed by atoms with E-state index in [1.807, 2.05) is 36.4 Å². The van der Waals surface area contributed by atoms with Crippen LogP contribution in [0.25, 0.3) is 21.7 Å². The van der Waals surface area contributed by atoms with Crippen molar-refractivity contribution in [3.05, 3.63) is 84.1 Å². The van der Waals surface area contributed by atoms with E-state index in [1.54, 1.807) is 0 Å². The number of aryl methyl sites for hydroxylation is 1. The molecule has 0 fully saturated rings. The molecule has 1 N–H and O–H groups in total. The molecular weight excluding hydrogens is 346 g/mol. The van der Waals surface area contributed by atoms with Crippen molar-refractivity contribution in [1.29, 1.82) is 0 Å². The Labute approximate surface area is 165 Å². The quantitative estimate of drug-likeness (QED) is 0.566. The van der Waals surface area contributed by atoms with Crippen LogP contribution in [0.1, 0.15) is 22.0 Å². The lowest BCUT2D eigenvalue weighted by molar-refractivity contribution is 0.0942. The molecule has 28 heavy (non-hydrogen) atoms. The maximum absolute atomic E-state index is 12.8. The molecule has 0 spiro atoms. The molecule has 1 amide bonds. The van der Waals surface area contributed by atoms with Gasteiger partial charge in [0.2, 0.25) is 0 Å². The first-order valence-corrected chi connectivity index (χ1v) is 9.52. The summed E-state index contributed by atoms with van der Waals surface area (Å²) in [6.45, 7) is 0.548. The molecule has 0 bridgehead atoms. The standard InChI is InChI=1S/C24H25N3O/c1-26(2)23(21-16-27(3)22-11-7-6-10-20(21)22)15-25-24(28)19-13-12-17-8-4-5-9-18(17)14-19/h4-14,16,23H,15H2,1-3H3,(H,25,28). The third kappa shape index (κ3) is 3.39. The molecule has 0 aliphatic heterocycles. The van der Waals surface area contributed by atoms with Crippen LogP contribution >= 0.6 is 0 Å². The van der Waals surface area contributed by atoms with E-state index in [-0.39, 0.29) is 11.9 Å². The second kappa shape index (κ2) is 7.49. The van der Waals surface area contributed by atoms with Crippen LogP contribution in [0.4, 0.5) is 0 Å². The van der Waals surface area contributed by atoms with Gasteiger partial charge in [0.15, 0.2) is 0 Å². The Morgan fingerprint density at radius 1 is 1.00 bits per heavy atom. The number of aromatic nitrogens is 1. The van der Waals surface area contributed by atoms with E-state index in [1.165, 1.54) is 16.5 Å². The van der Waals surface area contributed by atoms with Crippen molar-refractivity contribution in [2.75, 3.05) is 20.6 Å². The highest BCUT2D eigenvalue weighted by molar-refractivity contribution is 5.98. The summed E-state index contributed by atoms with van der Waals surface area (Å²) >= 11 is 0. The summed E-state index contributed by atoms with van der Waals surface area (Å²) < 4.78 is 2.15. The number of hydrogen-bond donors (Lipinski definition) is 1. The Balaban J connectivity index is 1.57. The molecule has 1 heterocycles. The van der Waals surface area contributed by atoms with Crippen molar-refractivity contribution in [3.8, 4) is 0 Å². The molecule has 4 rings (SSSR count). The third-order valence-electron chi connectivity index (χ3n) is 5.38. The summed E-state index contributed by atoms with van der Waals surface area (Å²) in [5.74, 6) is -0.0437.